The molecule has 0 fully saturated rings. The van der Waals surface area contributed by atoms with Gasteiger partial charge in [-0.3, -0.25) is 4.40 Å². The van der Waals surface area contributed by atoms with Crippen LogP contribution in [0.25, 0.3) is 49.5 Å². The van der Waals surface area contributed by atoms with Gasteiger partial charge in [0.15, 0.2) is 0 Å². The molecule has 0 atom stereocenters. The first kappa shape index (κ1) is 15.9. The number of hydrogen-bond donors (Lipinski definition) is 0. The second kappa shape index (κ2) is 5.92. The lowest BCUT2D eigenvalue weighted by molar-refractivity contribution is 1.31. The predicted molar refractivity (Wildman–Crippen MR) is 118 cm³/mol. The molecule has 0 aliphatic carbocycles. The maximum Gasteiger partial charge on any atom is 0.146 e. The van der Waals surface area contributed by atoms with E-state index in [1.165, 1.54) is 10.8 Å². The van der Waals surface area contributed by atoms with Crippen LogP contribution in [0.4, 0.5) is 0 Å². The first-order chi connectivity index (χ1) is 14.3. The number of para-hydroxylation sites is 2. The van der Waals surface area contributed by atoms with E-state index >= 15 is 0 Å². The average molecular weight is 369 g/mol. The van der Waals surface area contributed by atoms with Crippen molar-refractivity contribution in [3.8, 4) is 17.2 Å². The summed E-state index contributed by atoms with van der Waals surface area (Å²) >= 11 is 0. The lowest BCUT2D eigenvalue weighted by Crippen LogP contribution is -1.92. The molecule has 0 bridgehead atoms. The molecule has 2 heterocycles. The number of benzene rings is 4. The normalized spacial score (nSPS) is 11.4. The van der Waals surface area contributed by atoms with Gasteiger partial charge in [0.25, 0.3) is 0 Å². The van der Waals surface area contributed by atoms with Gasteiger partial charge in [-0.15, -0.1) is 0 Å². The zero-order valence-electron chi connectivity index (χ0n) is 15.5. The molecule has 0 radical (unpaired) electrons. The number of rotatable bonds is 1. The lowest BCUT2D eigenvalue weighted by atomic mass is 9.99. The Bertz CT molecular complexity index is 1600. The van der Waals surface area contributed by atoms with Crippen molar-refractivity contribution in [1.82, 2.24) is 9.38 Å². The number of pyridine rings is 1. The predicted octanol–water partition coefficient (Wildman–Crippen LogP) is 6.33. The summed E-state index contributed by atoms with van der Waals surface area (Å²) < 4.78 is 2.26. The van der Waals surface area contributed by atoms with Crippen molar-refractivity contribution in [2.24, 2.45) is 0 Å². The van der Waals surface area contributed by atoms with E-state index in [1.54, 1.807) is 0 Å². The molecule has 0 saturated carbocycles. The van der Waals surface area contributed by atoms with Gasteiger partial charge in [0.2, 0.25) is 0 Å². The van der Waals surface area contributed by atoms with Crippen LogP contribution < -0.4 is 0 Å². The molecule has 0 amide bonds. The SMILES string of the molecule is N#Cc1ccc(-c2ccc3c(c2)c2ccccc2c2nc4ccccc4n32)cc1. The van der Waals surface area contributed by atoms with Crippen molar-refractivity contribution in [2.75, 3.05) is 0 Å². The standard InChI is InChI=1S/C26H15N3/c27-16-17-9-11-18(12-10-17)19-13-14-24-22(15-19)20-5-1-2-6-21(20)26-28-23-7-3-4-8-25(23)29(24)26/h1-15H. The smallest absolute Gasteiger partial charge is 0.146 e. The summed E-state index contributed by atoms with van der Waals surface area (Å²) in [7, 11) is 0. The van der Waals surface area contributed by atoms with Crippen LogP contribution in [0.1, 0.15) is 5.56 Å². The highest BCUT2D eigenvalue weighted by Crippen LogP contribution is 2.34. The van der Waals surface area contributed by atoms with E-state index in [-0.39, 0.29) is 0 Å². The van der Waals surface area contributed by atoms with Gasteiger partial charge in [0.1, 0.15) is 5.65 Å². The Kier molecular flexibility index (Phi) is 3.24. The molecule has 0 N–H and O–H groups in total. The molecule has 3 nitrogen and oxygen atoms in total. The highest BCUT2D eigenvalue weighted by atomic mass is 15.0. The Labute approximate surface area is 167 Å². The van der Waals surface area contributed by atoms with Crippen molar-refractivity contribution in [3.05, 3.63) is 96.6 Å². The van der Waals surface area contributed by atoms with Crippen LogP contribution in [0, 0.1) is 11.3 Å². The van der Waals surface area contributed by atoms with Crippen LogP contribution in [-0.2, 0) is 0 Å². The van der Waals surface area contributed by atoms with Gasteiger partial charge in [-0.05, 0) is 52.9 Å². The number of aromatic nitrogens is 2. The lowest BCUT2D eigenvalue weighted by Gasteiger charge is -2.11. The van der Waals surface area contributed by atoms with Crippen LogP contribution in [0.3, 0.4) is 0 Å². The summed E-state index contributed by atoms with van der Waals surface area (Å²) in [6.45, 7) is 0. The third kappa shape index (κ3) is 2.27. The van der Waals surface area contributed by atoms with E-state index in [9.17, 15) is 0 Å². The summed E-state index contributed by atoms with van der Waals surface area (Å²) in [6, 6.07) is 33.2. The van der Waals surface area contributed by atoms with Crippen LogP contribution in [0.2, 0.25) is 0 Å². The second-order valence-corrected chi connectivity index (χ2v) is 7.23. The fourth-order valence-electron chi connectivity index (χ4n) is 4.23. The molecule has 0 aliphatic heterocycles. The highest BCUT2D eigenvalue weighted by molar-refractivity contribution is 6.14. The first-order valence-electron chi connectivity index (χ1n) is 9.56. The number of imidazole rings is 1. The second-order valence-electron chi connectivity index (χ2n) is 7.23. The van der Waals surface area contributed by atoms with E-state index in [0.717, 1.165) is 38.7 Å². The summed E-state index contributed by atoms with van der Waals surface area (Å²) in [6.07, 6.45) is 0. The topological polar surface area (TPSA) is 41.1 Å². The Morgan fingerprint density at radius 1 is 0.655 bits per heavy atom. The summed E-state index contributed by atoms with van der Waals surface area (Å²) in [4.78, 5) is 4.93. The van der Waals surface area contributed by atoms with Gasteiger partial charge in [0, 0.05) is 10.8 Å². The minimum absolute atomic E-state index is 0.673. The van der Waals surface area contributed by atoms with Gasteiger partial charge >= 0.3 is 0 Å². The van der Waals surface area contributed by atoms with Crippen LogP contribution in [0.15, 0.2) is 91.0 Å². The number of hydrogen-bond acceptors (Lipinski definition) is 2. The van der Waals surface area contributed by atoms with E-state index < -0.39 is 0 Å². The van der Waals surface area contributed by atoms with Crippen LogP contribution in [0.5, 0.6) is 0 Å². The third-order valence-corrected chi connectivity index (χ3v) is 5.60. The molecule has 0 aliphatic rings. The zero-order chi connectivity index (χ0) is 19.4. The molecule has 3 heteroatoms. The summed E-state index contributed by atoms with van der Waals surface area (Å²) in [5.41, 5.74) is 7.16. The van der Waals surface area contributed by atoms with Crippen molar-refractivity contribution in [1.29, 1.82) is 5.26 Å². The minimum Gasteiger partial charge on any atom is -0.292 e. The maximum absolute atomic E-state index is 9.07. The van der Waals surface area contributed by atoms with E-state index in [0.29, 0.717) is 5.56 Å². The number of nitrogens with zero attached hydrogens (tertiary/aromatic N) is 3. The molecule has 0 spiro atoms. The molecular formula is C26H15N3. The Morgan fingerprint density at radius 2 is 1.38 bits per heavy atom. The van der Waals surface area contributed by atoms with Gasteiger partial charge in [-0.1, -0.05) is 54.6 Å². The molecule has 0 unspecified atom stereocenters. The van der Waals surface area contributed by atoms with Gasteiger partial charge < -0.3 is 0 Å². The zero-order valence-corrected chi connectivity index (χ0v) is 15.5. The molecule has 29 heavy (non-hydrogen) atoms. The molecule has 6 rings (SSSR count). The molecule has 134 valence electrons. The van der Waals surface area contributed by atoms with Crippen LogP contribution >= 0.6 is 0 Å². The van der Waals surface area contributed by atoms with Crippen LogP contribution in [-0.4, -0.2) is 9.38 Å². The van der Waals surface area contributed by atoms with Crippen molar-refractivity contribution >= 4 is 38.4 Å². The van der Waals surface area contributed by atoms with Gasteiger partial charge in [0.05, 0.1) is 28.2 Å². The fraction of sp³-hybridized carbons (Fsp3) is 0. The monoisotopic (exact) mass is 369 g/mol. The Hall–Kier alpha value is -4.16. The number of fused-ring (bicyclic) bond motifs is 8. The maximum atomic E-state index is 9.07. The van der Waals surface area contributed by atoms with E-state index in [4.69, 9.17) is 10.2 Å². The van der Waals surface area contributed by atoms with Gasteiger partial charge in [-0.2, -0.15) is 5.26 Å². The average Bonchev–Trinajstić information content (AvgIpc) is 3.19. The Morgan fingerprint density at radius 3 is 2.21 bits per heavy atom. The highest BCUT2D eigenvalue weighted by Gasteiger charge is 2.13. The van der Waals surface area contributed by atoms with E-state index in [1.807, 2.05) is 30.3 Å². The van der Waals surface area contributed by atoms with Crippen molar-refractivity contribution < 1.29 is 0 Å². The molecule has 0 saturated heterocycles. The van der Waals surface area contributed by atoms with E-state index in [2.05, 4.69) is 71.1 Å². The molecule has 2 aromatic heterocycles. The van der Waals surface area contributed by atoms with Crippen molar-refractivity contribution in [3.63, 3.8) is 0 Å². The third-order valence-electron chi connectivity index (χ3n) is 5.60. The fourth-order valence-corrected chi connectivity index (χ4v) is 4.23. The Balaban J connectivity index is 1.76. The molecular weight excluding hydrogens is 354 g/mol. The van der Waals surface area contributed by atoms with Crippen molar-refractivity contribution in [2.45, 2.75) is 0 Å². The first-order valence-corrected chi connectivity index (χ1v) is 9.56. The number of nitriles is 1. The quantitative estimate of drug-likeness (QED) is 0.318. The summed E-state index contributed by atoms with van der Waals surface area (Å²) in [5.74, 6) is 0. The van der Waals surface area contributed by atoms with Gasteiger partial charge in [-0.25, -0.2) is 4.98 Å². The minimum atomic E-state index is 0.673. The molecule has 4 aromatic carbocycles. The molecule has 6 aromatic rings. The largest absolute Gasteiger partial charge is 0.292 e. The summed E-state index contributed by atoms with van der Waals surface area (Å²) in [5, 5.41) is 12.6.